The Kier molecular flexibility index (Phi) is 4.95. The van der Waals surface area contributed by atoms with E-state index in [-0.39, 0.29) is 28.6 Å². The number of para-hydroxylation sites is 1. The van der Waals surface area contributed by atoms with E-state index in [4.69, 9.17) is 22.1 Å². The summed E-state index contributed by atoms with van der Waals surface area (Å²) in [6.07, 6.45) is 0. The molecule has 0 heterocycles. The van der Waals surface area contributed by atoms with Crippen molar-refractivity contribution in [1.29, 1.82) is 0 Å². The van der Waals surface area contributed by atoms with E-state index in [1.807, 2.05) is 0 Å². The number of amides is 2. The first-order valence-corrected chi connectivity index (χ1v) is 6.61. The summed E-state index contributed by atoms with van der Waals surface area (Å²) in [5.41, 5.74) is 5.13. The maximum atomic E-state index is 13.7. The molecule has 0 fully saturated rings. The minimum atomic E-state index is -0.668. The number of halogens is 2. The minimum Gasteiger partial charge on any atom is -0.483 e. The molecule has 2 aromatic rings. The molecule has 0 aromatic heterocycles. The van der Waals surface area contributed by atoms with E-state index >= 15 is 0 Å². The molecule has 0 saturated heterocycles. The summed E-state index contributed by atoms with van der Waals surface area (Å²) in [6.45, 7) is -0.362. The lowest BCUT2D eigenvalue weighted by molar-refractivity contribution is -0.119. The van der Waals surface area contributed by atoms with Crippen LogP contribution in [0.4, 0.5) is 10.1 Å². The first kappa shape index (κ1) is 15.8. The van der Waals surface area contributed by atoms with Crippen LogP contribution in [-0.4, -0.2) is 18.4 Å². The lowest BCUT2D eigenvalue weighted by atomic mass is 10.2. The van der Waals surface area contributed by atoms with Gasteiger partial charge < -0.3 is 15.8 Å². The molecule has 0 aliphatic carbocycles. The second-order valence-corrected chi connectivity index (χ2v) is 4.77. The van der Waals surface area contributed by atoms with E-state index in [0.717, 1.165) is 6.07 Å². The highest BCUT2D eigenvalue weighted by molar-refractivity contribution is 6.30. The van der Waals surface area contributed by atoms with Gasteiger partial charge in [0.2, 0.25) is 0 Å². The van der Waals surface area contributed by atoms with E-state index in [0.29, 0.717) is 0 Å². The molecule has 2 aromatic carbocycles. The third kappa shape index (κ3) is 3.95. The predicted octanol–water partition coefficient (Wildman–Crippen LogP) is 2.60. The second-order valence-electron chi connectivity index (χ2n) is 4.33. The Balaban J connectivity index is 2.20. The topological polar surface area (TPSA) is 81.4 Å². The van der Waals surface area contributed by atoms with Crippen LogP contribution in [0.25, 0.3) is 0 Å². The maximum absolute atomic E-state index is 13.7. The van der Waals surface area contributed by atoms with Gasteiger partial charge in [0.1, 0.15) is 11.6 Å². The number of anilines is 1. The molecular formula is C15H12ClFN2O3. The Morgan fingerprint density at radius 2 is 1.95 bits per heavy atom. The van der Waals surface area contributed by atoms with Crippen LogP contribution in [0.2, 0.25) is 5.02 Å². The lowest BCUT2D eigenvalue weighted by Gasteiger charge is -2.11. The highest BCUT2D eigenvalue weighted by Crippen LogP contribution is 2.22. The van der Waals surface area contributed by atoms with Gasteiger partial charge >= 0.3 is 0 Å². The van der Waals surface area contributed by atoms with Crippen molar-refractivity contribution in [3.63, 3.8) is 0 Å². The van der Waals surface area contributed by atoms with Crippen molar-refractivity contribution < 1.29 is 18.7 Å². The fourth-order valence-electron chi connectivity index (χ4n) is 1.71. The average Bonchev–Trinajstić information content (AvgIpc) is 2.48. The quantitative estimate of drug-likeness (QED) is 0.887. The van der Waals surface area contributed by atoms with Crippen LogP contribution in [0.15, 0.2) is 42.5 Å². The Morgan fingerprint density at radius 3 is 2.64 bits per heavy atom. The van der Waals surface area contributed by atoms with Gasteiger partial charge in [0, 0.05) is 5.02 Å². The number of hydrogen-bond acceptors (Lipinski definition) is 3. The number of ether oxygens (including phenoxy) is 1. The Labute approximate surface area is 130 Å². The van der Waals surface area contributed by atoms with Crippen LogP contribution < -0.4 is 15.8 Å². The van der Waals surface area contributed by atoms with E-state index in [1.54, 1.807) is 12.1 Å². The molecule has 5 nitrogen and oxygen atoms in total. The maximum Gasteiger partial charge on any atom is 0.259 e. The third-order valence-electron chi connectivity index (χ3n) is 2.68. The number of hydrogen-bond donors (Lipinski definition) is 2. The van der Waals surface area contributed by atoms with Gasteiger partial charge in [-0.1, -0.05) is 23.7 Å². The third-order valence-corrected chi connectivity index (χ3v) is 2.92. The van der Waals surface area contributed by atoms with Crippen molar-refractivity contribution in [3.8, 4) is 5.75 Å². The van der Waals surface area contributed by atoms with Crippen LogP contribution in [-0.2, 0) is 4.79 Å². The molecule has 22 heavy (non-hydrogen) atoms. The lowest BCUT2D eigenvalue weighted by Crippen LogP contribution is -2.21. The molecule has 0 bridgehead atoms. The summed E-state index contributed by atoms with van der Waals surface area (Å²) >= 11 is 5.65. The first-order chi connectivity index (χ1) is 10.5. The van der Waals surface area contributed by atoms with Crippen molar-refractivity contribution in [2.45, 2.75) is 0 Å². The Hall–Kier alpha value is -2.60. The molecule has 0 unspecified atom stereocenters. The number of nitrogens with one attached hydrogen (secondary N) is 1. The zero-order valence-electron chi connectivity index (χ0n) is 11.3. The summed E-state index contributed by atoms with van der Waals surface area (Å²) in [4.78, 5) is 23.0. The van der Waals surface area contributed by atoms with E-state index < -0.39 is 17.6 Å². The summed E-state index contributed by atoms with van der Waals surface area (Å²) in [5.74, 6) is -1.73. The first-order valence-electron chi connectivity index (χ1n) is 6.24. The number of carbonyl (C=O) groups is 2. The van der Waals surface area contributed by atoms with Crippen LogP contribution >= 0.6 is 11.6 Å². The summed E-state index contributed by atoms with van der Waals surface area (Å²) in [6, 6.07) is 10.1. The van der Waals surface area contributed by atoms with E-state index in [2.05, 4.69) is 5.32 Å². The molecule has 3 N–H and O–H groups in total. The smallest absolute Gasteiger partial charge is 0.259 e. The Morgan fingerprint density at radius 1 is 1.23 bits per heavy atom. The number of primary amides is 1. The molecule has 0 saturated carbocycles. The van der Waals surface area contributed by atoms with Crippen molar-refractivity contribution in [2.24, 2.45) is 5.73 Å². The molecule has 0 radical (unpaired) electrons. The van der Waals surface area contributed by atoms with Gasteiger partial charge in [-0.25, -0.2) is 4.39 Å². The molecule has 0 spiro atoms. The number of nitrogens with two attached hydrogens (primary N) is 1. The predicted molar refractivity (Wildman–Crippen MR) is 80.5 cm³/mol. The highest BCUT2D eigenvalue weighted by atomic mass is 35.5. The fraction of sp³-hybridized carbons (Fsp3) is 0.0667. The second kappa shape index (κ2) is 6.91. The van der Waals surface area contributed by atoms with Gasteiger partial charge in [0.15, 0.2) is 6.61 Å². The molecule has 2 amide bonds. The molecule has 0 aliphatic heterocycles. The van der Waals surface area contributed by atoms with Gasteiger partial charge in [-0.05, 0) is 30.3 Å². The molecule has 2 rings (SSSR count). The van der Waals surface area contributed by atoms with E-state index in [9.17, 15) is 14.0 Å². The molecule has 7 heteroatoms. The SMILES string of the molecule is NC(=O)COc1ccccc1C(=O)Nc1ccc(Cl)cc1F. The zero-order chi connectivity index (χ0) is 16.1. The zero-order valence-corrected chi connectivity index (χ0v) is 12.1. The van der Waals surface area contributed by atoms with Gasteiger partial charge in [-0.15, -0.1) is 0 Å². The van der Waals surface area contributed by atoms with Gasteiger partial charge in [0.25, 0.3) is 11.8 Å². The van der Waals surface area contributed by atoms with Crippen molar-refractivity contribution >= 4 is 29.1 Å². The van der Waals surface area contributed by atoms with Crippen LogP contribution in [0.1, 0.15) is 10.4 Å². The largest absolute Gasteiger partial charge is 0.483 e. The van der Waals surface area contributed by atoms with Gasteiger partial charge in [-0.3, -0.25) is 9.59 Å². The summed E-state index contributed by atoms with van der Waals surface area (Å²) in [7, 11) is 0. The average molecular weight is 323 g/mol. The normalized spacial score (nSPS) is 10.1. The van der Waals surface area contributed by atoms with Crippen molar-refractivity contribution in [1.82, 2.24) is 0 Å². The van der Waals surface area contributed by atoms with Crippen LogP contribution in [0.3, 0.4) is 0 Å². The molecule has 0 aliphatic rings. The monoisotopic (exact) mass is 322 g/mol. The number of benzene rings is 2. The summed E-state index contributed by atoms with van der Waals surface area (Å²) < 4.78 is 18.8. The number of carbonyl (C=O) groups excluding carboxylic acids is 2. The molecule has 114 valence electrons. The molecular weight excluding hydrogens is 311 g/mol. The summed E-state index contributed by atoms with van der Waals surface area (Å²) in [5, 5.41) is 2.64. The van der Waals surface area contributed by atoms with Gasteiger partial charge in [0.05, 0.1) is 11.3 Å². The van der Waals surface area contributed by atoms with Crippen LogP contribution in [0.5, 0.6) is 5.75 Å². The van der Waals surface area contributed by atoms with E-state index in [1.165, 1.54) is 24.3 Å². The van der Waals surface area contributed by atoms with Crippen molar-refractivity contribution in [3.05, 3.63) is 58.9 Å². The van der Waals surface area contributed by atoms with Gasteiger partial charge in [-0.2, -0.15) is 0 Å². The fourth-order valence-corrected chi connectivity index (χ4v) is 1.87. The number of rotatable bonds is 5. The van der Waals surface area contributed by atoms with Crippen LogP contribution in [0, 0.1) is 5.82 Å². The Bertz CT molecular complexity index is 722. The standard InChI is InChI=1S/C15H12ClFN2O3/c16-9-5-6-12(11(17)7-9)19-15(21)10-3-1-2-4-13(10)22-8-14(18)20/h1-7H,8H2,(H2,18,20)(H,19,21). The minimum absolute atomic E-state index is 0.0147. The highest BCUT2D eigenvalue weighted by Gasteiger charge is 2.14. The van der Waals surface area contributed by atoms with Crippen molar-refractivity contribution in [2.75, 3.05) is 11.9 Å². The molecule has 0 atom stereocenters.